The van der Waals surface area contributed by atoms with Gasteiger partial charge in [0.15, 0.2) is 0 Å². The molecule has 0 aliphatic rings. The second-order valence-corrected chi connectivity index (χ2v) is 9.51. The van der Waals surface area contributed by atoms with Crippen molar-refractivity contribution in [3.63, 3.8) is 0 Å². The van der Waals surface area contributed by atoms with E-state index >= 15 is 0 Å². The van der Waals surface area contributed by atoms with Gasteiger partial charge in [-0.15, -0.1) is 0 Å². The molecule has 0 radical (unpaired) electrons. The minimum atomic E-state index is -0.906. The lowest BCUT2D eigenvalue weighted by Gasteiger charge is -2.26. The Kier molecular flexibility index (Phi) is 12.4. The number of rotatable bonds is 17. The van der Waals surface area contributed by atoms with Crippen molar-refractivity contribution in [3.8, 4) is 0 Å². The first kappa shape index (κ1) is 27.6. The first-order valence-corrected chi connectivity index (χ1v) is 13.1. The summed E-state index contributed by atoms with van der Waals surface area (Å²) in [5.41, 5.74) is 4.29. The number of hydrogen-bond acceptors (Lipinski definition) is 2. The normalized spacial score (nSPS) is 12.9. The number of carboxylic acids is 2. The van der Waals surface area contributed by atoms with Crippen LogP contribution in [0.25, 0.3) is 0 Å². The third-order valence-electron chi connectivity index (χ3n) is 6.73. The molecular formula is C30H42O4. The summed E-state index contributed by atoms with van der Waals surface area (Å²) in [4.78, 5) is 23.5. The Morgan fingerprint density at radius 2 is 0.941 bits per heavy atom. The Labute approximate surface area is 205 Å². The molecule has 4 nitrogen and oxygen atoms in total. The van der Waals surface area contributed by atoms with Crippen LogP contribution in [-0.4, -0.2) is 22.2 Å². The molecule has 2 N–H and O–H groups in total. The molecule has 2 aromatic rings. The van der Waals surface area contributed by atoms with E-state index in [1.54, 1.807) is 0 Å². The summed E-state index contributed by atoms with van der Waals surface area (Å²) in [6.07, 6.45) is 11.5. The molecular weight excluding hydrogens is 424 g/mol. The molecule has 0 aliphatic heterocycles. The molecule has 2 aromatic carbocycles. The minimum absolute atomic E-state index is 0.0907. The van der Waals surface area contributed by atoms with Gasteiger partial charge in [0.2, 0.25) is 0 Å². The van der Waals surface area contributed by atoms with Crippen LogP contribution in [0, 0.1) is 0 Å². The van der Waals surface area contributed by atoms with E-state index < -0.39 is 23.8 Å². The first-order valence-electron chi connectivity index (χ1n) is 13.1. The number of hydrogen-bond donors (Lipinski definition) is 2. The SMILES string of the molecule is CCCCCCc1ccc(C(CC(=O)O)C(CC(=O)O)c2ccc(CCCCCC)cc2)cc1. The smallest absolute Gasteiger partial charge is 0.303 e. The molecule has 0 saturated heterocycles. The van der Waals surface area contributed by atoms with Gasteiger partial charge < -0.3 is 10.2 Å². The van der Waals surface area contributed by atoms with Crippen LogP contribution < -0.4 is 0 Å². The van der Waals surface area contributed by atoms with E-state index in [0.717, 1.165) is 36.8 Å². The zero-order chi connectivity index (χ0) is 24.8. The van der Waals surface area contributed by atoms with E-state index in [4.69, 9.17) is 0 Å². The minimum Gasteiger partial charge on any atom is -0.481 e. The van der Waals surface area contributed by atoms with E-state index in [2.05, 4.69) is 38.1 Å². The molecule has 2 atom stereocenters. The van der Waals surface area contributed by atoms with Crippen molar-refractivity contribution in [2.24, 2.45) is 0 Å². The zero-order valence-corrected chi connectivity index (χ0v) is 21.0. The summed E-state index contributed by atoms with van der Waals surface area (Å²) in [5.74, 6) is -2.59. The predicted molar refractivity (Wildman–Crippen MR) is 139 cm³/mol. The van der Waals surface area contributed by atoms with Crippen molar-refractivity contribution in [3.05, 3.63) is 70.8 Å². The van der Waals surface area contributed by atoms with Crippen molar-refractivity contribution in [1.29, 1.82) is 0 Å². The summed E-state index contributed by atoms with van der Waals surface area (Å²) < 4.78 is 0. The van der Waals surface area contributed by atoms with Crippen molar-refractivity contribution >= 4 is 11.9 Å². The maximum atomic E-state index is 11.8. The molecule has 2 rings (SSSR count). The maximum Gasteiger partial charge on any atom is 0.303 e. The molecule has 0 spiro atoms. The Bertz CT molecular complexity index is 781. The highest BCUT2D eigenvalue weighted by molar-refractivity contribution is 5.71. The lowest BCUT2D eigenvalue weighted by atomic mass is 9.77. The highest BCUT2D eigenvalue weighted by Crippen LogP contribution is 2.38. The van der Waals surface area contributed by atoms with Crippen LogP contribution in [0.1, 0.15) is 112 Å². The summed E-state index contributed by atoms with van der Waals surface area (Å²) in [5, 5.41) is 19.3. The maximum absolute atomic E-state index is 11.8. The number of benzene rings is 2. The molecule has 0 heterocycles. The number of carboxylic acid groups (broad SMARTS) is 2. The molecule has 0 bridgehead atoms. The quantitative estimate of drug-likeness (QED) is 0.234. The second kappa shape index (κ2) is 15.3. The average molecular weight is 467 g/mol. The van der Waals surface area contributed by atoms with Crippen LogP contribution in [0.4, 0.5) is 0 Å². The summed E-state index contributed by atoms with van der Waals surface area (Å²) >= 11 is 0. The molecule has 0 aromatic heterocycles. The van der Waals surface area contributed by atoms with E-state index in [-0.39, 0.29) is 12.8 Å². The number of unbranched alkanes of at least 4 members (excludes halogenated alkanes) is 6. The van der Waals surface area contributed by atoms with E-state index in [1.165, 1.54) is 49.7 Å². The summed E-state index contributed by atoms with van der Waals surface area (Å²) in [6.45, 7) is 4.40. The topological polar surface area (TPSA) is 74.6 Å². The monoisotopic (exact) mass is 466 g/mol. The third-order valence-corrected chi connectivity index (χ3v) is 6.73. The van der Waals surface area contributed by atoms with Crippen molar-refractivity contribution in [1.82, 2.24) is 0 Å². The molecule has 4 heteroatoms. The lowest BCUT2D eigenvalue weighted by molar-refractivity contribution is -0.140. The molecule has 34 heavy (non-hydrogen) atoms. The van der Waals surface area contributed by atoms with Gasteiger partial charge in [0.25, 0.3) is 0 Å². The fraction of sp³-hybridized carbons (Fsp3) is 0.533. The fourth-order valence-corrected chi connectivity index (χ4v) is 4.74. The van der Waals surface area contributed by atoms with Gasteiger partial charge in [-0.2, -0.15) is 0 Å². The van der Waals surface area contributed by atoms with Crippen molar-refractivity contribution in [2.45, 2.75) is 103 Å². The predicted octanol–water partition coefficient (Wildman–Crippen LogP) is 7.75. The standard InChI is InChI=1S/C30H42O4/c1-3-5-7-9-11-23-13-17-25(18-14-23)27(21-29(31)32)28(22-30(33)34)26-19-15-24(16-20-26)12-10-8-6-4-2/h13-20,27-28H,3-12,21-22H2,1-2H3,(H,31,32)(H,33,34). The number of carbonyl (C=O) groups is 2. The Hall–Kier alpha value is -2.62. The van der Waals surface area contributed by atoms with Crippen LogP contribution in [0.5, 0.6) is 0 Å². The largest absolute Gasteiger partial charge is 0.481 e. The van der Waals surface area contributed by atoms with Crippen molar-refractivity contribution < 1.29 is 19.8 Å². The summed E-state index contributed by atoms with van der Waals surface area (Å²) in [6, 6.07) is 16.3. The van der Waals surface area contributed by atoms with Gasteiger partial charge >= 0.3 is 11.9 Å². The van der Waals surface area contributed by atoms with Gasteiger partial charge in [0.1, 0.15) is 0 Å². The van der Waals surface area contributed by atoms with Crippen LogP contribution in [0.3, 0.4) is 0 Å². The molecule has 0 amide bonds. The highest BCUT2D eigenvalue weighted by Gasteiger charge is 2.29. The Morgan fingerprint density at radius 3 is 1.24 bits per heavy atom. The van der Waals surface area contributed by atoms with Crippen LogP contribution in [0.15, 0.2) is 48.5 Å². The molecule has 0 fully saturated rings. The molecule has 0 saturated carbocycles. The summed E-state index contributed by atoms with van der Waals surface area (Å²) in [7, 11) is 0. The van der Waals surface area contributed by atoms with Gasteiger partial charge in [-0.3, -0.25) is 9.59 Å². The molecule has 2 unspecified atom stereocenters. The van der Waals surface area contributed by atoms with E-state index in [0.29, 0.717) is 0 Å². The van der Waals surface area contributed by atoms with Gasteiger partial charge in [0, 0.05) is 11.8 Å². The van der Waals surface area contributed by atoms with Gasteiger partial charge in [-0.05, 0) is 47.9 Å². The average Bonchev–Trinajstić information content (AvgIpc) is 2.82. The van der Waals surface area contributed by atoms with Gasteiger partial charge in [-0.25, -0.2) is 0 Å². The molecule has 186 valence electrons. The van der Waals surface area contributed by atoms with E-state index in [1.807, 2.05) is 24.3 Å². The third kappa shape index (κ3) is 9.70. The van der Waals surface area contributed by atoms with Crippen molar-refractivity contribution in [2.75, 3.05) is 0 Å². The lowest BCUT2D eigenvalue weighted by Crippen LogP contribution is -2.18. The Balaban J connectivity index is 2.21. The Morgan fingerprint density at radius 1 is 0.588 bits per heavy atom. The first-order chi connectivity index (χ1) is 16.4. The number of aryl methyl sites for hydroxylation is 2. The van der Waals surface area contributed by atoms with Crippen LogP contribution in [0.2, 0.25) is 0 Å². The fourth-order valence-electron chi connectivity index (χ4n) is 4.74. The van der Waals surface area contributed by atoms with Crippen LogP contribution in [-0.2, 0) is 22.4 Å². The zero-order valence-electron chi connectivity index (χ0n) is 21.0. The molecule has 0 aliphatic carbocycles. The number of aliphatic carboxylic acids is 2. The van der Waals surface area contributed by atoms with Crippen LogP contribution >= 0.6 is 0 Å². The van der Waals surface area contributed by atoms with E-state index in [9.17, 15) is 19.8 Å². The second-order valence-electron chi connectivity index (χ2n) is 9.51. The highest BCUT2D eigenvalue weighted by atomic mass is 16.4. The van der Waals surface area contributed by atoms with Gasteiger partial charge in [-0.1, -0.05) is 101 Å². The van der Waals surface area contributed by atoms with Gasteiger partial charge in [0.05, 0.1) is 12.8 Å².